The van der Waals surface area contributed by atoms with Crippen LogP contribution < -0.4 is 5.32 Å². The number of likely N-dealkylation sites (tertiary alicyclic amines) is 1. The van der Waals surface area contributed by atoms with Crippen LogP contribution in [-0.2, 0) is 16.6 Å². The van der Waals surface area contributed by atoms with E-state index in [0.29, 0.717) is 16.2 Å². The van der Waals surface area contributed by atoms with E-state index in [2.05, 4.69) is 26.3 Å². The maximum atomic E-state index is 13.8. The molecule has 26 heavy (non-hydrogen) atoms. The number of carbonyl (C=O) groups is 2. The molecule has 2 heterocycles. The fraction of sp³-hybridized carbons (Fsp3) is 0.312. The van der Waals surface area contributed by atoms with Gasteiger partial charge in [0.2, 0.25) is 11.8 Å². The largest absolute Gasteiger partial charge is 0.344 e. The SMILES string of the molecule is CN1C[C@H](c2c(Br)c(Cl)nn2C)[C@@H](C(=O)Nc2ccc(F)cc2F)C1=O. The quantitative estimate of drug-likeness (QED) is 0.736. The molecule has 3 rings (SSSR count). The summed E-state index contributed by atoms with van der Waals surface area (Å²) in [5.41, 5.74) is 0.395. The van der Waals surface area contributed by atoms with Gasteiger partial charge in [0, 0.05) is 32.6 Å². The zero-order valence-corrected chi connectivity index (χ0v) is 16.1. The van der Waals surface area contributed by atoms with Crippen molar-refractivity contribution in [2.24, 2.45) is 13.0 Å². The molecule has 1 fully saturated rings. The molecule has 2 amide bonds. The Morgan fingerprint density at radius 1 is 1.38 bits per heavy atom. The van der Waals surface area contributed by atoms with Crippen molar-refractivity contribution < 1.29 is 18.4 Å². The summed E-state index contributed by atoms with van der Waals surface area (Å²) in [6.07, 6.45) is 0. The van der Waals surface area contributed by atoms with Crippen molar-refractivity contribution in [3.05, 3.63) is 45.2 Å². The van der Waals surface area contributed by atoms with E-state index >= 15 is 0 Å². The number of aromatic nitrogens is 2. The Morgan fingerprint density at radius 2 is 2.08 bits per heavy atom. The third-order valence-electron chi connectivity index (χ3n) is 4.33. The number of anilines is 1. The standard InChI is InChI=1S/C16H14BrClF2N4O2/c1-23-6-8(13-12(17)14(18)22-24(13)2)11(16(23)26)15(25)21-10-4-3-7(19)5-9(10)20/h3-5,8,11H,6H2,1-2H3,(H,21,25)/t8-,11-/m0/s1. The van der Waals surface area contributed by atoms with Crippen LogP contribution in [0.25, 0.3) is 0 Å². The second-order valence-electron chi connectivity index (χ2n) is 6.03. The molecule has 0 radical (unpaired) electrons. The van der Waals surface area contributed by atoms with Crippen molar-refractivity contribution in [1.82, 2.24) is 14.7 Å². The lowest BCUT2D eigenvalue weighted by Crippen LogP contribution is -2.33. The molecule has 138 valence electrons. The Kier molecular flexibility index (Phi) is 5.03. The summed E-state index contributed by atoms with van der Waals surface area (Å²) < 4.78 is 28.9. The normalized spacial score (nSPS) is 19.9. The Morgan fingerprint density at radius 3 is 2.65 bits per heavy atom. The summed E-state index contributed by atoms with van der Waals surface area (Å²) in [7, 11) is 3.23. The maximum Gasteiger partial charge on any atom is 0.237 e. The monoisotopic (exact) mass is 446 g/mol. The Labute approximate surface area is 161 Å². The molecule has 10 heteroatoms. The first kappa shape index (κ1) is 18.8. The Balaban J connectivity index is 1.94. The highest BCUT2D eigenvalue weighted by Gasteiger charge is 2.46. The smallest absolute Gasteiger partial charge is 0.237 e. The molecular formula is C16H14BrClF2N4O2. The van der Waals surface area contributed by atoms with E-state index in [1.807, 2.05) is 0 Å². The van der Waals surface area contributed by atoms with E-state index in [1.54, 1.807) is 14.1 Å². The van der Waals surface area contributed by atoms with E-state index in [9.17, 15) is 18.4 Å². The summed E-state index contributed by atoms with van der Waals surface area (Å²) >= 11 is 9.35. The maximum absolute atomic E-state index is 13.8. The van der Waals surface area contributed by atoms with E-state index in [-0.39, 0.29) is 17.4 Å². The zero-order chi connectivity index (χ0) is 19.2. The highest BCUT2D eigenvalue weighted by Crippen LogP contribution is 2.39. The van der Waals surface area contributed by atoms with Gasteiger partial charge < -0.3 is 10.2 Å². The number of likely N-dealkylation sites (N-methyl/N-ethyl adjacent to an activating group) is 1. The van der Waals surface area contributed by atoms with E-state index in [1.165, 1.54) is 9.58 Å². The molecule has 1 aromatic carbocycles. The number of carbonyl (C=O) groups excluding carboxylic acids is 2. The molecular weight excluding hydrogens is 434 g/mol. The summed E-state index contributed by atoms with van der Waals surface area (Å²) in [6.45, 7) is 0.275. The van der Waals surface area contributed by atoms with Crippen molar-refractivity contribution in [2.75, 3.05) is 18.9 Å². The predicted molar refractivity (Wildman–Crippen MR) is 94.8 cm³/mol. The lowest BCUT2D eigenvalue weighted by atomic mass is 9.91. The first-order valence-electron chi connectivity index (χ1n) is 7.59. The van der Waals surface area contributed by atoms with Crippen molar-refractivity contribution in [1.29, 1.82) is 0 Å². The minimum Gasteiger partial charge on any atom is -0.344 e. The van der Waals surface area contributed by atoms with Crippen LogP contribution in [0.4, 0.5) is 14.5 Å². The molecule has 1 aliphatic heterocycles. The topological polar surface area (TPSA) is 67.2 Å². The van der Waals surface area contributed by atoms with E-state index < -0.39 is 35.3 Å². The van der Waals surface area contributed by atoms with Crippen LogP contribution in [0.2, 0.25) is 5.15 Å². The van der Waals surface area contributed by atoms with Crippen molar-refractivity contribution in [2.45, 2.75) is 5.92 Å². The third kappa shape index (κ3) is 3.21. The highest BCUT2D eigenvalue weighted by atomic mass is 79.9. The molecule has 1 aliphatic rings. The second kappa shape index (κ2) is 6.96. The van der Waals surface area contributed by atoms with Crippen LogP contribution in [0.5, 0.6) is 0 Å². The van der Waals surface area contributed by atoms with Gasteiger partial charge in [-0.3, -0.25) is 14.3 Å². The number of hydrogen-bond acceptors (Lipinski definition) is 3. The minimum absolute atomic E-state index is 0.195. The zero-order valence-electron chi connectivity index (χ0n) is 13.8. The van der Waals surface area contributed by atoms with Gasteiger partial charge in [0.1, 0.15) is 17.6 Å². The fourth-order valence-corrected chi connectivity index (χ4v) is 3.96. The van der Waals surface area contributed by atoms with Crippen molar-refractivity contribution in [3.63, 3.8) is 0 Å². The summed E-state index contributed by atoms with van der Waals surface area (Å²) in [4.78, 5) is 26.7. The van der Waals surface area contributed by atoms with Gasteiger partial charge >= 0.3 is 0 Å². The molecule has 0 unspecified atom stereocenters. The van der Waals surface area contributed by atoms with Crippen LogP contribution in [-0.4, -0.2) is 40.1 Å². The van der Waals surface area contributed by atoms with Gasteiger partial charge in [-0.25, -0.2) is 8.78 Å². The van der Waals surface area contributed by atoms with Crippen LogP contribution in [0.15, 0.2) is 22.7 Å². The fourth-order valence-electron chi connectivity index (χ4n) is 3.12. The first-order valence-corrected chi connectivity index (χ1v) is 8.76. The summed E-state index contributed by atoms with van der Waals surface area (Å²) in [6, 6.07) is 2.79. The Hall–Kier alpha value is -2.00. The van der Waals surface area contributed by atoms with Crippen molar-refractivity contribution >= 4 is 45.0 Å². The van der Waals surface area contributed by atoms with Gasteiger partial charge in [-0.15, -0.1) is 0 Å². The summed E-state index contributed by atoms with van der Waals surface area (Å²) in [5, 5.41) is 6.66. The Bertz CT molecular complexity index is 905. The molecule has 2 aromatic rings. The molecule has 1 aromatic heterocycles. The molecule has 0 aliphatic carbocycles. The number of aryl methyl sites for hydroxylation is 1. The molecule has 1 saturated heterocycles. The van der Waals surface area contributed by atoms with Gasteiger partial charge in [0.05, 0.1) is 15.9 Å². The van der Waals surface area contributed by atoms with Gasteiger partial charge in [0.25, 0.3) is 0 Å². The van der Waals surface area contributed by atoms with Gasteiger partial charge in [-0.1, -0.05) is 11.6 Å². The average molecular weight is 448 g/mol. The number of halogens is 4. The van der Waals surface area contributed by atoms with E-state index in [4.69, 9.17) is 11.6 Å². The van der Waals surface area contributed by atoms with Crippen molar-refractivity contribution in [3.8, 4) is 0 Å². The van der Waals surface area contributed by atoms with Crippen LogP contribution in [0.1, 0.15) is 11.6 Å². The van der Waals surface area contributed by atoms with E-state index in [0.717, 1.165) is 12.1 Å². The van der Waals surface area contributed by atoms with Gasteiger partial charge in [-0.05, 0) is 28.1 Å². The van der Waals surface area contributed by atoms with Crippen LogP contribution >= 0.6 is 27.5 Å². The molecule has 0 saturated carbocycles. The number of amides is 2. The first-order chi connectivity index (χ1) is 12.2. The number of nitrogens with zero attached hydrogens (tertiary/aromatic N) is 3. The number of hydrogen-bond donors (Lipinski definition) is 1. The second-order valence-corrected chi connectivity index (χ2v) is 7.18. The molecule has 0 spiro atoms. The summed E-state index contributed by atoms with van der Waals surface area (Å²) in [5.74, 6) is -4.39. The molecule has 1 N–H and O–H groups in total. The molecule has 2 atom stereocenters. The van der Waals surface area contributed by atoms with Crippen LogP contribution in [0.3, 0.4) is 0 Å². The highest BCUT2D eigenvalue weighted by molar-refractivity contribution is 9.10. The number of nitrogens with one attached hydrogen (secondary N) is 1. The average Bonchev–Trinajstić information content (AvgIpc) is 2.98. The van der Waals surface area contributed by atoms with Gasteiger partial charge in [-0.2, -0.15) is 5.10 Å². The number of rotatable bonds is 3. The lowest BCUT2D eigenvalue weighted by Gasteiger charge is -2.17. The van der Waals surface area contributed by atoms with Crippen LogP contribution in [0, 0.1) is 17.6 Å². The predicted octanol–water partition coefficient (Wildman–Crippen LogP) is 2.92. The molecule has 6 nitrogen and oxygen atoms in total. The third-order valence-corrected chi connectivity index (χ3v) is 5.60. The minimum atomic E-state index is -1.09. The lowest BCUT2D eigenvalue weighted by molar-refractivity contribution is -0.135. The number of benzene rings is 1. The molecule has 0 bridgehead atoms. The van der Waals surface area contributed by atoms with Gasteiger partial charge in [0.15, 0.2) is 5.15 Å².